The number of ether oxygens (including phenoxy) is 1. The number of aliphatic hydroxyl groups excluding tert-OH is 1. The molecule has 2 aromatic carbocycles. The Hall–Kier alpha value is -2.40. The molecule has 0 bridgehead atoms. The van der Waals surface area contributed by atoms with E-state index < -0.39 is 44.4 Å². The van der Waals surface area contributed by atoms with E-state index in [-0.39, 0.29) is 0 Å². The largest absolute Gasteiger partial charge is 0.367 e. The predicted molar refractivity (Wildman–Crippen MR) is 112 cm³/mol. The van der Waals surface area contributed by atoms with Crippen molar-refractivity contribution in [2.75, 3.05) is 16.8 Å². The Kier molecular flexibility index (Phi) is 4.11. The molecule has 2 aliphatic heterocycles. The summed E-state index contributed by atoms with van der Waals surface area (Å²) in [5.41, 5.74) is 2.19. The van der Waals surface area contributed by atoms with E-state index in [1.54, 1.807) is 48.5 Å². The van der Waals surface area contributed by atoms with Gasteiger partial charge in [-0.2, -0.15) is 0 Å². The molecule has 10 heteroatoms. The van der Waals surface area contributed by atoms with Gasteiger partial charge in [0.15, 0.2) is 6.29 Å². The van der Waals surface area contributed by atoms with E-state index in [0.29, 0.717) is 27.7 Å². The van der Waals surface area contributed by atoms with E-state index in [0.717, 1.165) is 16.5 Å². The first-order chi connectivity index (χ1) is 14.1. The molecular weight excluding hydrogens is 428 g/mol. The molecule has 8 nitrogen and oxygen atoms in total. The van der Waals surface area contributed by atoms with Gasteiger partial charge in [0.2, 0.25) is 20.0 Å². The monoisotopic (exact) mass is 448 g/mol. The zero-order valence-electron chi connectivity index (χ0n) is 16.2. The van der Waals surface area contributed by atoms with Crippen LogP contribution in [0.4, 0.5) is 5.69 Å². The molecule has 0 spiro atoms. The van der Waals surface area contributed by atoms with Gasteiger partial charge in [0.25, 0.3) is 0 Å². The Morgan fingerprint density at radius 1 is 0.900 bits per heavy atom. The van der Waals surface area contributed by atoms with Gasteiger partial charge in [0, 0.05) is 17.1 Å². The maximum atomic E-state index is 12.7. The van der Waals surface area contributed by atoms with E-state index in [1.807, 2.05) is 0 Å². The number of aliphatic hydroxyl groups is 1. The van der Waals surface area contributed by atoms with Crippen molar-refractivity contribution in [1.29, 1.82) is 0 Å². The van der Waals surface area contributed by atoms with E-state index >= 15 is 0 Å². The van der Waals surface area contributed by atoms with Crippen LogP contribution in [0.1, 0.15) is 23.1 Å². The van der Waals surface area contributed by atoms with Crippen LogP contribution >= 0.6 is 0 Å². The first-order valence-electron chi connectivity index (χ1n) is 9.31. The highest BCUT2D eigenvalue weighted by Crippen LogP contribution is 2.55. The lowest BCUT2D eigenvalue weighted by Gasteiger charge is -2.28. The summed E-state index contributed by atoms with van der Waals surface area (Å²) in [6, 6.07) is 13.3. The van der Waals surface area contributed by atoms with Gasteiger partial charge in [-0.25, -0.2) is 20.8 Å². The number of hydrogen-bond acceptors (Lipinski definition) is 6. The number of nitrogens with zero attached hydrogens (tertiary/aromatic N) is 2. The summed E-state index contributed by atoms with van der Waals surface area (Å²) >= 11 is 0. The smallest absolute Gasteiger partial charge is 0.236 e. The minimum Gasteiger partial charge on any atom is -0.367 e. The molecule has 2 aliphatic rings. The van der Waals surface area contributed by atoms with Crippen LogP contribution in [-0.4, -0.2) is 50.8 Å². The summed E-state index contributed by atoms with van der Waals surface area (Å²) in [6.07, 6.45) is 1.61. The van der Waals surface area contributed by atoms with E-state index in [9.17, 15) is 21.9 Å². The number of anilines is 1. The van der Waals surface area contributed by atoms with Crippen LogP contribution in [0, 0.1) is 0 Å². The normalized spacial score (nSPS) is 26.2. The standard InChI is InChI=1S/C20H20N2O6S2/c1-29(24,25)21-11-14(12-7-3-5-9-15(12)21)19-18-17(20(23)28-19)13-8-4-6-10-16(13)22(18)30(2,26)27/h3-11,17-20,23H,1-2H3/t17-,18+,19+,20-/m1/s1. The molecule has 0 aliphatic carbocycles. The van der Waals surface area contributed by atoms with Crippen molar-refractivity contribution in [3.05, 3.63) is 65.9 Å². The molecule has 1 N–H and O–H groups in total. The summed E-state index contributed by atoms with van der Waals surface area (Å²) in [5, 5.41) is 11.4. The molecule has 158 valence electrons. The Bertz CT molecular complexity index is 1380. The molecule has 3 aromatic rings. The predicted octanol–water partition coefficient (Wildman–Crippen LogP) is 1.77. The number of para-hydroxylation sites is 2. The number of sulfonamides is 1. The fraction of sp³-hybridized carbons (Fsp3) is 0.300. The number of aromatic nitrogens is 1. The number of rotatable bonds is 3. The van der Waals surface area contributed by atoms with Gasteiger partial charge in [0.1, 0.15) is 6.10 Å². The molecule has 0 unspecified atom stereocenters. The fourth-order valence-corrected chi connectivity index (χ4v) is 6.77. The summed E-state index contributed by atoms with van der Waals surface area (Å²) in [6.45, 7) is 0. The second kappa shape index (κ2) is 6.30. The molecule has 4 atom stereocenters. The highest BCUT2D eigenvalue weighted by molar-refractivity contribution is 7.92. The zero-order valence-corrected chi connectivity index (χ0v) is 17.8. The lowest BCUT2D eigenvalue weighted by Crippen LogP contribution is -2.40. The number of hydrogen-bond donors (Lipinski definition) is 1. The maximum Gasteiger partial charge on any atom is 0.236 e. The molecule has 0 amide bonds. The van der Waals surface area contributed by atoms with Crippen molar-refractivity contribution in [2.24, 2.45) is 0 Å². The zero-order chi connectivity index (χ0) is 21.4. The number of benzene rings is 2. The first-order valence-corrected chi connectivity index (χ1v) is 13.0. The van der Waals surface area contributed by atoms with E-state index in [2.05, 4.69) is 0 Å². The van der Waals surface area contributed by atoms with Gasteiger partial charge >= 0.3 is 0 Å². The molecular formula is C20H20N2O6S2. The minimum atomic E-state index is -3.69. The van der Waals surface area contributed by atoms with Crippen LogP contribution < -0.4 is 4.31 Å². The van der Waals surface area contributed by atoms with Gasteiger partial charge in [-0.05, 0) is 17.7 Å². The SMILES string of the molecule is CS(=O)(=O)N1c2ccccc2[C@@H]2[C@H]1[C@H](c1cn(S(C)(=O)=O)c3ccccc13)O[C@H]2O. The average molecular weight is 449 g/mol. The lowest BCUT2D eigenvalue weighted by molar-refractivity contribution is -0.0983. The van der Waals surface area contributed by atoms with Crippen molar-refractivity contribution in [3.63, 3.8) is 0 Å². The molecule has 3 heterocycles. The third-order valence-corrected chi connectivity index (χ3v) is 7.98. The molecule has 5 rings (SSSR count). The Morgan fingerprint density at radius 2 is 1.57 bits per heavy atom. The van der Waals surface area contributed by atoms with Gasteiger partial charge in [-0.1, -0.05) is 36.4 Å². The van der Waals surface area contributed by atoms with Crippen LogP contribution in [0.15, 0.2) is 54.7 Å². The van der Waals surface area contributed by atoms with Crippen molar-refractivity contribution in [2.45, 2.75) is 24.4 Å². The van der Waals surface area contributed by atoms with E-state index in [1.165, 1.54) is 10.5 Å². The summed E-state index contributed by atoms with van der Waals surface area (Å²) < 4.78 is 58.5. The van der Waals surface area contributed by atoms with Gasteiger partial charge < -0.3 is 9.84 Å². The van der Waals surface area contributed by atoms with E-state index in [4.69, 9.17) is 4.74 Å². The lowest BCUT2D eigenvalue weighted by atomic mass is 9.91. The maximum absolute atomic E-state index is 12.7. The van der Waals surface area contributed by atoms with Crippen molar-refractivity contribution < 1.29 is 26.7 Å². The second-order valence-electron chi connectivity index (χ2n) is 7.74. The van der Waals surface area contributed by atoms with Crippen LogP contribution in [0.25, 0.3) is 10.9 Å². The first kappa shape index (κ1) is 19.6. The molecule has 30 heavy (non-hydrogen) atoms. The quantitative estimate of drug-likeness (QED) is 0.655. The third-order valence-electron chi connectivity index (χ3n) is 5.81. The topological polar surface area (TPSA) is 106 Å². The number of fused-ring (bicyclic) bond motifs is 4. The van der Waals surface area contributed by atoms with Crippen molar-refractivity contribution in [3.8, 4) is 0 Å². The second-order valence-corrected chi connectivity index (χ2v) is 11.5. The molecule has 1 saturated heterocycles. The Labute approximate surface area is 174 Å². The van der Waals surface area contributed by atoms with Crippen LogP contribution in [0.3, 0.4) is 0 Å². The molecule has 0 saturated carbocycles. The van der Waals surface area contributed by atoms with Gasteiger partial charge in [0.05, 0.1) is 35.7 Å². The third kappa shape index (κ3) is 2.71. The Morgan fingerprint density at radius 3 is 2.27 bits per heavy atom. The average Bonchev–Trinajstić information content (AvgIpc) is 3.30. The summed E-state index contributed by atoms with van der Waals surface area (Å²) in [4.78, 5) is 0. The molecule has 1 aromatic heterocycles. The summed E-state index contributed by atoms with van der Waals surface area (Å²) in [5.74, 6) is -0.582. The van der Waals surface area contributed by atoms with Crippen LogP contribution in [0.2, 0.25) is 0 Å². The highest BCUT2D eigenvalue weighted by atomic mass is 32.2. The van der Waals surface area contributed by atoms with Gasteiger partial charge in [-0.15, -0.1) is 0 Å². The highest BCUT2D eigenvalue weighted by Gasteiger charge is 2.56. The summed E-state index contributed by atoms with van der Waals surface area (Å²) in [7, 11) is -7.29. The molecule has 0 radical (unpaired) electrons. The van der Waals surface area contributed by atoms with Crippen molar-refractivity contribution >= 4 is 36.6 Å². The van der Waals surface area contributed by atoms with Crippen LogP contribution in [0.5, 0.6) is 0 Å². The van der Waals surface area contributed by atoms with Gasteiger partial charge in [-0.3, -0.25) is 4.31 Å². The Balaban J connectivity index is 1.75. The van der Waals surface area contributed by atoms with Crippen LogP contribution in [-0.2, 0) is 24.8 Å². The fourth-order valence-electron chi connectivity index (χ4n) is 4.74. The molecule has 1 fully saturated rings. The van der Waals surface area contributed by atoms with Crippen molar-refractivity contribution in [1.82, 2.24) is 3.97 Å². The minimum absolute atomic E-state index is 0.470.